The Morgan fingerprint density at radius 2 is 2.07 bits per heavy atom. The number of hydrogen-bond acceptors (Lipinski definition) is 3. The molecule has 2 amide bonds. The third kappa shape index (κ3) is 2.50. The Hall–Kier alpha value is -2.63. The van der Waals surface area contributed by atoms with Gasteiger partial charge < -0.3 is 10.2 Å². The molecule has 28 heavy (non-hydrogen) atoms. The summed E-state index contributed by atoms with van der Waals surface area (Å²) in [5.74, 6) is 0.664. The van der Waals surface area contributed by atoms with Gasteiger partial charge in [0.1, 0.15) is 5.41 Å². The van der Waals surface area contributed by atoms with E-state index in [1.54, 1.807) is 4.68 Å². The quantitative estimate of drug-likeness (QED) is 0.892. The molecule has 0 radical (unpaired) electrons. The number of carbonyl (C=O) groups excluding carboxylic acids is 2. The molecule has 2 fully saturated rings. The summed E-state index contributed by atoms with van der Waals surface area (Å²) >= 11 is 0. The molecular weight excluding hydrogens is 352 g/mol. The van der Waals surface area contributed by atoms with Crippen LogP contribution in [0.15, 0.2) is 36.7 Å². The Kier molecular flexibility index (Phi) is 4.03. The number of hydrogen-bond donors (Lipinski definition) is 1. The summed E-state index contributed by atoms with van der Waals surface area (Å²) in [4.78, 5) is 28.6. The average molecular weight is 378 g/mol. The number of rotatable bonds is 3. The lowest BCUT2D eigenvalue weighted by atomic mass is 9.73. The molecule has 1 aromatic carbocycles. The summed E-state index contributed by atoms with van der Waals surface area (Å²) in [6.45, 7) is 0.604. The van der Waals surface area contributed by atoms with Crippen molar-refractivity contribution in [3.8, 4) is 0 Å². The SMILES string of the molecule is Cn1cc(C2N(C(=O)CC3CCCC3)CCC23C(=O)Nc2ccccc23)cn1. The lowest BCUT2D eigenvalue weighted by Crippen LogP contribution is -2.42. The van der Waals surface area contributed by atoms with Gasteiger partial charge in [0.15, 0.2) is 0 Å². The molecular formula is C22H26N4O2. The molecule has 2 aliphatic heterocycles. The van der Waals surface area contributed by atoms with Crippen LogP contribution in [0.1, 0.15) is 55.7 Å². The smallest absolute Gasteiger partial charge is 0.237 e. The Labute approximate surface area is 164 Å². The number of benzene rings is 1. The normalized spacial score (nSPS) is 26.8. The molecule has 1 saturated heterocycles. The van der Waals surface area contributed by atoms with Gasteiger partial charge in [-0.05, 0) is 36.8 Å². The topological polar surface area (TPSA) is 67.2 Å². The van der Waals surface area contributed by atoms with E-state index in [0.717, 1.165) is 29.7 Å². The first-order valence-electron chi connectivity index (χ1n) is 10.3. The van der Waals surface area contributed by atoms with Crippen LogP contribution in [-0.4, -0.2) is 33.0 Å². The Bertz CT molecular complexity index is 930. The molecule has 1 N–H and O–H groups in total. The van der Waals surface area contributed by atoms with Crippen molar-refractivity contribution in [3.63, 3.8) is 0 Å². The minimum atomic E-state index is -0.731. The van der Waals surface area contributed by atoms with E-state index in [9.17, 15) is 9.59 Å². The highest BCUT2D eigenvalue weighted by molar-refractivity contribution is 6.07. The van der Waals surface area contributed by atoms with E-state index in [1.807, 2.05) is 48.6 Å². The molecule has 2 aromatic rings. The standard InChI is InChI=1S/C22H26N4O2/c1-25-14-16(13-23-25)20-22(17-8-4-5-9-18(17)24-21(22)28)10-11-26(20)19(27)12-15-6-2-3-7-15/h4-5,8-9,13-15,20H,2-3,6-7,10-12H2,1H3,(H,24,28). The van der Waals surface area contributed by atoms with Crippen molar-refractivity contribution in [3.05, 3.63) is 47.8 Å². The molecule has 1 aromatic heterocycles. The zero-order valence-corrected chi connectivity index (χ0v) is 16.2. The van der Waals surface area contributed by atoms with E-state index in [1.165, 1.54) is 12.8 Å². The maximum atomic E-state index is 13.3. The highest BCUT2D eigenvalue weighted by Gasteiger charge is 2.59. The van der Waals surface area contributed by atoms with Crippen LogP contribution in [0.5, 0.6) is 0 Å². The van der Waals surface area contributed by atoms with E-state index >= 15 is 0 Å². The molecule has 2 unspecified atom stereocenters. The van der Waals surface area contributed by atoms with Crippen LogP contribution in [0.25, 0.3) is 0 Å². The van der Waals surface area contributed by atoms with Crippen LogP contribution in [0.3, 0.4) is 0 Å². The lowest BCUT2D eigenvalue weighted by Gasteiger charge is -2.34. The largest absolute Gasteiger partial charge is 0.334 e. The first kappa shape index (κ1) is 17.5. The third-order valence-corrected chi connectivity index (χ3v) is 6.89. The molecule has 3 heterocycles. The predicted octanol–water partition coefficient (Wildman–Crippen LogP) is 3.16. The zero-order chi connectivity index (χ0) is 19.3. The van der Waals surface area contributed by atoms with Crippen molar-refractivity contribution >= 4 is 17.5 Å². The summed E-state index contributed by atoms with van der Waals surface area (Å²) in [5.41, 5.74) is 2.08. The number of nitrogens with zero attached hydrogens (tertiary/aromatic N) is 3. The van der Waals surface area contributed by atoms with Crippen molar-refractivity contribution in [1.29, 1.82) is 0 Å². The lowest BCUT2D eigenvalue weighted by molar-refractivity contribution is -0.134. The molecule has 5 rings (SSSR count). The van der Waals surface area contributed by atoms with Crippen LogP contribution in [-0.2, 0) is 22.1 Å². The predicted molar refractivity (Wildman–Crippen MR) is 106 cm³/mol. The van der Waals surface area contributed by atoms with Gasteiger partial charge in [0.05, 0.1) is 12.2 Å². The van der Waals surface area contributed by atoms with Gasteiger partial charge in [-0.1, -0.05) is 31.0 Å². The molecule has 1 aliphatic carbocycles. The van der Waals surface area contributed by atoms with Gasteiger partial charge in [0, 0.05) is 37.5 Å². The van der Waals surface area contributed by atoms with Gasteiger partial charge in [0.2, 0.25) is 11.8 Å². The van der Waals surface area contributed by atoms with Gasteiger partial charge in [-0.15, -0.1) is 0 Å². The van der Waals surface area contributed by atoms with Crippen LogP contribution < -0.4 is 5.32 Å². The second kappa shape index (κ2) is 6.47. The van der Waals surface area contributed by atoms with Crippen molar-refractivity contribution < 1.29 is 9.59 Å². The van der Waals surface area contributed by atoms with Crippen LogP contribution >= 0.6 is 0 Å². The Balaban J connectivity index is 1.57. The number of aryl methyl sites for hydroxylation is 1. The van der Waals surface area contributed by atoms with Gasteiger partial charge in [-0.3, -0.25) is 14.3 Å². The van der Waals surface area contributed by atoms with E-state index in [-0.39, 0.29) is 17.9 Å². The number of anilines is 1. The number of para-hydroxylation sites is 1. The van der Waals surface area contributed by atoms with Crippen molar-refractivity contribution in [2.75, 3.05) is 11.9 Å². The summed E-state index contributed by atoms with van der Waals surface area (Å²) < 4.78 is 1.75. The molecule has 3 aliphatic rings. The van der Waals surface area contributed by atoms with Gasteiger partial charge >= 0.3 is 0 Å². The van der Waals surface area contributed by atoms with Crippen LogP contribution in [0, 0.1) is 5.92 Å². The minimum Gasteiger partial charge on any atom is -0.334 e. The van der Waals surface area contributed by atoms with Gasteiger partial charge in [-0.2, -0.15) is 5.10 Å². The monoisotopic (exact) mass is 378 g/mol. The first-order chi connectivity index (χ1) is 13.6. The molecule has 2 atom stereocenters. The summed E-state index contributed by atoms with van der Waals surface area (Å²) in [5, 5.41) is 7.41. The van der Waals surface area contributed by atoms with Gasteiger partial charge in [0.25, 0.3) is 0 Å². The minimum absolute atomic E-state index is 0.00119. The summed E-state index contributed by atoms with van der Waals surface area (Å²) in [6, 6.07) is 7.59. The average Bonchev–Trinajstić information content (AvgIpc) is 3.44. The van der Waals surface area contributed by atoms with E-state index in [0.29, 0.717) is 25.3 Å². The molecule has 6 nitrogen and oxygen atoms in total. The number of nitrogens with one attached hydrogen (secondary N) is 1. The number of aromatic nitrogens is 2. The van der Waals surface area contributed by atoms with Gasteiger partial charge in [-0.25, -0.2) is 0 Å². The van der Waals surface area contributed by atoms with Crippen LogP contribution in [0.4, 0.5) is 5.69 Å². The Morgan fingerprint density at radius 3 is 2.82 bits per heavy atom. The first-order valence-corrected chi connectivity index (χ1v) is 10.3. The maximum Gasteiger partial charge on any atom is 0.237 e. The summed E-state index contributed by atoms with van der Waals surface area (Å²) in [6.07, 6.45) is 9.73. The highest BCUT2D eigenvalue weighted by Crippen LogP contribution is 2.54. The molecule has 1 spiro atoms. The number of carbonyl (C=O) groups is 2. The number of fused-ring (bicyclic) bond motifs is 2. The molecule has 1 saturated carbocycles. The molecule has 6 heteroatoms. The fourth-order valence-electron chi connectivity index (χ4n) is 5.58. The van der Waals surface area contributed by atoms with E-state index < -0.39 is 5.41 Å². The van der Waals surface area contributed by atoms with Crippen molar-refractivity contribution in [2.45, 2.75) is 50.0 Å². The zero-order valence-electron chi connectivity index (χ0n) is 16.2. The van der Waals surface area contributed by atoms with Crippen molar-refractivity contribution in [2.24, 2.45) is 13.0 Å². The fraction of sp³-hybridized carbons (Fsp3) is 0.500. The fourth-order valence-corrected chi connectivity index (χ4v) is 5.58. The number of amides is 2. The van der Waals surface area contributed by atoms with Crippen molar-refractivity contribution in [1.82, 2.24) is 14.7 Å². The second-order valence-electron chi connectivity index (χ2n) is 8.51. The van der Waals surface area contributed by atoms with Crippen LogP contribution in [0.2, 0.25) is 0 Å². The maximum absolute atomic E-state index is 13.3. The summed E-state index contributed by atoms with van der Waals surface area (Å²) in [7, 11) is 1.87. The Morgan fingerprint density at radius 1 is 1.29 bits per heavy atom. The van der Waals surface area contributed by atoms with E-state index in [2.05, 4.69) is 10.4 Å². The molecule has 0 bridgehead atoms. The number of likely N-dealkylation sites (tertiary alicyclic amines) is 1. The third-order valence-electron chi connectivity index (χ3n) is 6.89. The highest BCUT2D eigenvalue weighted by atomic mass is 16.2. The second-order valence-corrected chi connectivity index (χ2v) is 8.51. The molecule has 146 valence electrons. The van der Waals surface area contributed by atoms with E-state index in [4.69, 9.17) is 0 Å².